The van der Waals surface area contributed by atoms with Gasteiger partial charge in [0, 0.05) is 19.6 Å². The molecule has 1 aromatic heterocycles. The van der Waals surface area contributed by atoms with Gasteiger partial charge in [-0.1, -0.05) is 126 Å². The number of hydrogen-bond donors (Lipinski definition) is 0. The van der Waals surface area contributed by atoms with E-state index in [0.29, 0.717) is 6.10 Å². The third-order valence-electron chi connectivity index (χ3n) is 8.48. The van der Waals surface area contributed by atoms with Crippen molar-refractivity contribution in [2.45, 2.75) is 153 Å². The topological polar surface area (TPSA) is 79.5 Å². The molecule has 0 aliphatic carbocycles. The number of benzene rings is 1. The molecule has 1 aliphatic rings. The third kappa shape index (κ3) is 19.9. The fourth-order valence-corrected chi connectivity index (χ4v) is 6.81. The predicted molar refractivity (Wildman–Crippen MR) is 181 cm³/mol. The van der Waals surface area contributed by atoms with Crippen molar-refractivity contribution in [3.8, 4) is 0 Å². The molecule has 6 nitrogen and oxygen atoms in total. The molecule has 44 heavy (non-hydrogen) atoms. The van der Waals surface area contributed by atoms with Crippen molar-refractivity contribution >= 4 is 21.5 Å². The zero-order valence-corrected chi connectivity index (χ0v) is 29.4. The lowest BCUT2D eigenvalue weighted by Crippen LogP contribution is -2.29. The van der Waals surface area contributed by atoms with Gasteiger partial charge in [-0.05, 0) is 50.7 Å². The van der Waals surface area contributed by atoms with Crippen LogP contribution in [0, 0.1) is 12.8 Å². The molecule has 0 saturated carbocycles. The van der Waals surface area contributed by atoms with Gasteiger partial charge in [0.25, 0.3) is 0 Å². The molecule has 0 N–H and O–H groups in total. The number of ether oxygens (including phenoxy) is 2. The van der Waals surface area contributed by atoms with Gasteiger partial charge in [-0.15, -0.1) is 0 Å². The molecule has 0 unspecified atom stereocenters. The van der Waals surface area contributed by atoms with Gasteiger partial charge in [0.15, 0.2) is 6.20 Å². The van der Waals surface area contributed by atoms with Crippen LogP contribution in [-0.4, -0.2) is 38.9 Å². The van der Waals surface area contributed by atoms with Gasteiger partial charge in [0.1, 0.15) is 16.7 Å². The zero-order valence-electron chi connectivity index (χ0n) is 27.8. The van der Waals surface area contributed by atoms with Gasteiger partial charge in [-0.3, -0.25) is 0 Å². The molecule has 2 aromatic rings. The first kappa shape index (κ1) is 38.9. The molecular formula is C36H61NO5S2. The maximum atomic E-state index is 10.4. The molecule has 0 radical (unpaired) electrons. The summed E-state index contributed by atoms with van der Waals surface area (Å²) in [6, 6.07) is 5.78. The summed E-state index contributed by atoms with van der Waals surface area (Å²) in [5.74, 6) is 0.779. The Kier molecular flexibility index (Phi) is 22.0. The first-order valence-electron chi connectivity index (χ1n) is 17.5. The Morgan fingerprint density at radius 2 is 1.45 bits per heavy atom. The van der Waals surface area contributed by atoms with Crippen LogP contribution in [0.2, 0.25) is 0 Å². The fraction of sp³-hybridized carbons (Fsp3) is 0.750. The number of thiazole rings is 1. The maximum Gasteiger partial charge on any atom is 0.224 e. The second-order valence-electron chi connectivity index (χ2n) is 12.6. The summed E-state index contributed by atoms with van der Waals surface area (Å²) >= 11 is 1.77. The first-order chi connectivity index (χ1) is 21.4. The van der Waals surface area contributed by atoms with Crippen LogP contribution in [0.1, 0.15) is 134 Å². The molecule has 0 bridgehead atoms. The van der Waals surface area contributed by atoms with E-state index in [1.807, 2.05) is 6.92 Å². The van der Waals surface area contributed by atoms with Crippen molar-refractivity contribution in [1.29, 1.82) is 0 Å². The van der Waals surface area contributed by atoms with Crippen LogP contribution in [0.15, 0.2) is 46.2 Å². The minimum atomic E-state index is -4.27. The molecule has 1 aliphatic heterocycles. The Labute approximate surface area is 273 Å². The standard InChI is InChI=1S/C29H54NO2S.C7H8O3S/c1-2-3-4-5-6-7-8-9-10-11-12-13-16-19-28-24-29(32-25-28)26-31-22-18-15-14-17-20-30-21-23-33-27-30;1-6-2-4-7(5-3-6)11(8,9)10/h21,23,27-29H,2-20,22,24-26H2,1H3;2-5H,1H3,(H,8,9,10)/q+1;/p-1/t28-,29+;/m1./s1. The van der Waals surface area contributed by atoms with Crippen molar-refractivity contribution in [3.05, 3.63) is 46.9 Å². The van der Waals surface area contributed by atoms with Crippen molar-refractivity contribution in [2.24, 2.45) is 5.92 Å². The minimum Gasteiger partial charge on any atom is -0.744 e. The van der Waals surface area contributed by atoms with E-state index in [1.54, 1.807) is 23.5 Å². The van der Waals surface area contributed by atoms with Crippen molar-refractivity contribution < 1.29 is 27.0 Å². The third-order valence-corrected chi connectivity index (χ3v) is 10.00. The minimum absolute atomic E-state index is 0.178. The number of hydrogen-bond acceptors (Lipinski definition) is 6. The normalized spacial score (nSPS) is 16.6. The van der Waals surface area contributed by atoms with Crippen LogP contribution in [0.4, 0.5) is 0 Å². The average molecular weight is 652 g/mol. The van der Waals surface area contributed by atoms with Crippen LogP contribution >= 0.6 is 11.3 Å². The second kappa shape index (κ2) is 24.9. The molecule has 8 heteroatoms. The summed E-state index contributed by atoms with van der Waals surface area (Å²) in [7, 11) is -4.27. The summed E-state index contributed by atoms with van der Waals surface area (Å²) < 4.78 is 45.4. The summed E-state index contributed by atoms with van der Waals surface area (Å²) in [6.07, 6.45) is 28.8. The summed E-state index contributed by atoms with van der Waals surface area (Å²) in [4.78, 5) is -0.178. The van der Waals surface area contributed by atoms with E-state index in [2.05, 4.69) is 28.6 Å². The van der Waals surface area contributed by atoms with E-state index in [1.165, 1.54) is 134 Å². The van der Waals surface area contributed by atoms with E-state index < -0.39 is 10.1 Å². The Balaban J connectivity index is 0.000000514. The predicted octanol–water partition coefficient (Wildman–Crippen LogP) is 9.40. The van der Waals surface area contributed by atoms with Crippen molar-refractivity contribution in [3.63, 3.8) is 0 Å². The largest absolute Gasteiger partial charge is 0.744 e. The molecule has 3 rings (SSSR count). The maximum absolute atomic E-state index is 10.4. The molecule has 1 fully saturated rings. The van der Waals surface area contributed by atoms with Gasteiger partial charge in [-0.2, -0.15) is 4.57 Å². The van der Waals surface area contributed by atoms with Gasteiger partial charge in [0.2, 0.25) is 5.51 Å². The quantitative estimate of drug-likeness (QED) is 0.0642. The van der Waals surface area contributed by atoms with Crippen molar-refractivity contribution in [2.75, 3.05) is 19.8 Å². The van der Waals surface area contributed by atoms with Crippen molar-refractivity contribution in [1.82, 2.24) is 0 Å². The Morgan fingerprint density at radius 3 is 2.05 bits per heavy atom. The van der Waals surface area contributed by atoms with E-state index in [0.717, 1.165) is 37.8 Å². The SMILES string of the molecule is CCCCCCCCCCCCCCC[C@H]1CO[C@H](COCCCCCC[n+]2ccsc2)C1.Cc1ccc(S(=O)(=O)[O-])cc1. The first-order valence-corrected chi connectivity index (χ1v) is 19.9. The summed E-state index contributed by atoms with van der Waals surface area (Å²) in [5, 5.41) is 2.14. The molecule has 2 atom stereocenters. The van der Waals surface area contributed by atoms with E-state index in [4.69, 9.17) is 9.47 Å². The fourth-order valence-electron chi connectivity index (χ4n) is 5.71. The Morgan fingerprint density at radius 1 is 0.864 bits per heavy atom. The van der Waals surface area contributed by atoms with Gasteiger partial charge in [-0.25, -0.2) is 8.42 Å². The van der Waals surface area contributed by atoms with Crippen LogP contribution in [0.3, 0.4) is 0 Å². The van der Waals surface area contributed by atoms with E-state index >= 15 is 0 Å². The number of nitrogens with zero attached hydrogens (tertiary/aromatic N) is 1. The van der Waals surface area contributed by atoms with Gasteiger partial charge >= 0.3 is 0 Å². The Hall–Kier alpha value is -1.32. The average Bonchev–Trinajstić information content (AvgIpc) is 3.69. The lowest BCUT2D eigenvalue weighted by Gasteiger charge is -2.10. The van der Waals surface area contributed by atoms with Gasteiger partial charge in [0.05, 0.1) is 23.0 Å². The highest BCUT2D eigenvalue weighted by atomic mass is 32.2. The molecule has 0 amide bonds. The highest BCUT2D eigenvalue weighted by Gasteiger charge is 2.25. The second-order valence-corrected chi connectivity index (χ2v) is 14.7. The number of aryl methyl sites for hydroxylation is 2. The Bertz CT molecular complexity index is 1030. The smallest absolute Gasteiger partial charge is 0.224 e. The van der Waals surface area contributed by atoms with Crippen LogP contribution in [0.5, 0.6) is 0 Å². The van der Waals surface area contributed by atoms with Crippen LogP contribution in [-0.2, 0) is 26.1 Å². The highest BCUT2D eigenvalue weighted by Crippen LogP contribution is 2.25. The lowest BCUT2D eigenvalue weighted by molar-refractivity contribution is -0.692. The molecule has 252 valence electrons. The summed E-state index contributed by atoms with van der Waals surface area (Å²) in [6.45, 7) is 7.94. The molecular weight excluding hydrogens is 591 g/mol. The number of rotatable bonds is 24. The molecule has 2 heterocycles. The molecule has 0 spiro atoms. The van der Waals surface area contributed by atoms with E-state index in [-0.39, 0.29) is 4.90 Å². The van der Waals surface area contributed by atoms with Crippen LogP contribution < -0.4 is 4.57 Å². The zero-order chi connectivity index (χ0) is 31.7. The van der Waals surface area contributed by atoms with E-state index in [9.17, 15) is 13.0 Å². The monoisotopic (exact) mass is 651 g/mol. The number of unbranched alkanes of at least 4 members (excludes halogenated alkanes) is 15. The highest BCUT2D eigenvalue weighted by molar-refractivity contribution is 7.85. The molecule has 1 saturated heterocycles. The lowest BCUT2D eigenvalue weighted by atomic mass is 9.97. The van der Waals surface area contributed by atoms with Crippen LogP contribution in [0.25, 0.3) is 0 Å². The molecule has 1 aromatic carbocycles. The number of aromatic nitrogens is 1. The summed E-state index contributed by atoms with van der Waals surface area (Å²) in [5.41, 5.74) is 3.12. The van der Waals surface area contributed by atoms with Gasteiger partial charge < -0.3 is 14.0 Å².